The van der Waals surface area contributed by atoms with E-state index in [1.807, 2.05) is 0 Å². The molecule has 0 aromatic heterocycles. The summed E-state index contributed by atoms with van der Waals surface area (Å²) >= 11 is 0. The number of aliphatic hydroxyl groups is 1. The van der Waals surface area contributed by atoms with Gasteiger partial charge in [-0.05, 0) is 30.5 Å². The first-order chi connectivity index (χ1) is 9.48. The summed E-state index contributed by atoms with van der Waals surface area (Å²) in [7, 11) is 0. The first-order valence-corrected chi connectivity index (χ1v) is 6.47. The standard InChI is InChI=1S/C15H16F3NO/c16-15(17,18)11-19(14-7-8-14)10-13-5-3-12(4-6-13)2-1-9-20/h3-6,14,20H,7-11H2. The number of alkyl halides is 3. The molecule has 0 aliphatic heterocycles. The fourth-order valence-corrected chi connectivity index (χ4v) is 2.05. The van der Waals surface area contributed by atoms with Gasteiger partial charge in [0, 0.05) is 18.2 Å². The number of hydrogen-bond acceptors (Lipinski definition) is 2. The van der Waals surface area contributed by atoms with Crippen LogP contribution in [0.3, 0.4) is 0 Å². The predicted molar refractivity (Wildman–Crippen MR) is 69.9 cm³/mol. The molecule has 1 aliphatic rings. The molecule has 0 atom stereocenters. The second kappa shape index (κ2) is 6.29. The molecule has 5 heteroatoms. The molecule has 0 radical (unpaired) electrons. The highest BCUT2D eigenvalue weighted by atomic mass is 19.4. The van der Waals surface area contributed by atoms with Gasteiger partial charge in [-0.25, -0.2) is 0 Å². The normalized spacial score (nSPS) is 15.1. The molecule has 0 amide bonds. The van der Waals surface area contributed by atoms with E-state index in [-0.39, 0.29) is 12.6 Å². The van der Waals surface area contributed by atoms with Crippen molar-refractivity contribution in [1.29, 1.82) is 0 Å². The zero-order valence-electron chi connectivity index (χ0n) is 11.0. The van der Waals surface area contributed by atoms with Crippen LogP contribution in [0.2, 0.25) is 0 Å². The van der Waals surface area contributed by atoms with Gasteiger partial charge >= 0.3 is 6.18 Å². The van der Waals surface area contributed by atoms with E-state index < -0.39 is 12.7 Å². The maximum atomic E-state index is 12.5. The van der Waals surface area contributed by atoms with Gasteiger partial charge < -0.3 is 5.11 Å². The first kappa shape index (κ1) is 14.9. The highest BCUT2D eigenvalue weighted by Crippen LogP contribution is 2.31. The van der Waals surface area contributed by atoms with E-state index in [0.29, 0.717) is 6.54 Å². The third kappa shape index (κ3) is 4.87. The van der Waals surface area contributed by atoms with E-state index in [1.54, 1.807) is 24.3 Å². The Balaban J connectivity index is 2.00. The molecule has 1 aromatic carbocycles. The minimum atomic E-state index is -4.16. The minimum Gasteiger partial charge on any atom is -0.384 e. The molecular formula is C15H16F3NO. The lowest BCUT2D eigenvalue weighted by Gasteiger charge is -2.23. The summed E-state index contributed by atoms with van der Waals surface area (Å²) in [6.07, 6.45) is -2.47. The Morgan fingerprint density at radius 1 is 1.20 bits per heavy atom. The summed E-state index contributed by atoms with van der Waals surface area (Å²) in [5.41, 5.74) is 1.59. The molecule has 1 aliphatic carbocycles. The molecule has 0 unspecified atom stereocenters. The Morgan fingerprint density at radius 2 is 1.85 bits per heavy atom. The first-order valence-electron chi connectivity index (χ1n) is 6.47. The molecule has 0 spiro atoms. The van der Waals surface area contributed by atoms with Gasteiger partial charge in [0.1, 0.15) is 6.61 Å². The predicted octanol–water partition coefficient (Wildman–Crippen LogP) is 2.56. The van der Waals surface area contributed by atoms with Gasteiger partial charge in [0.25, 0.3) is 0 Å². The molecule has 2 rings (SSSR count). The van der Waals surface area contributed by atoms with Crippen LogP contribution in [0.4, 0.5) is 13.2 Å². The fraction of sp³-hybridized carbons (Fsp3) is 0.467. The summed E-state index contributed by atoms with van der Waals surface area (Å²) < 4.78 is 37.5. The average molecular weight is 283 g/mol. The molecular weight excluding hydrogens is 267 g/mol. The van der Waals surface area contributed by atoms with Crippen LogP contribution >= 0.6 is 0 Å². The molecule has 2 nitrogen and oxygen atoms in total. The topological polar surface area (TPSA) is 23.5 Å². The number of rotatable bonds is 4. The van der Waals surface area contributed by atoms with Crippen LogP contribution in [-0.4, -0.2) is 35.4 Å². The van der Waals surface area contributed by atoms with Crippen LogP contribution in [0.15, 0.2) is 24.3 Å². The molecule has 1 N–H and O–H groups in total. The van der Waals surface area contributed by atoms with Crippen molar-refractivity contribution in [2.75, 3.05) is 13.2 Å². The number of nitrogens with zero attached hydrogens (tertiary/aromatic N) is 1. The van der Waals surface area contributed by atoms with Crippen molar-refractivity contribution in [2.45, 2.75) is 31.6 Å². The second-order valence-corrected chi connectivity index (χ2v) is 4.91. The lowest BCUT2D eigenvalue weighted by Crippen LogP contribution is -2.35. The summed E-state index contributed by atoms with van der Waals surface area (Å²) in [6.45, 7) is -0.760. The third-order valence-corrected chi connectivity index (χ3v) is 3.10. The van der Waals surface area contributed by atoms with Crippen LogP contribution in [0, 0.1) is 11.8 Å². The fourth-order valence-electron chi connectivity index (χ4n) is 2.05. The van der Waals surface area contributed by atoms with Crippen molar-refractivity contribution in [3.8, 4) is 11.8 Å². The minimum absolute atomic E-state index is 0.0606. The third-order valence-electron chi connectivity index (χ3n) is 3.10. The molecule has 0 heterocycles. The Hall–Kier alpha value is -1.51. The summed E-state index contributed by atoms with van der Waals surface area (Å²) in [6, 6.07) is 7.15. The van der Waals surface area contributed by atoms with Gasteiger partial charge in [0.2, 0.25) is 0 Å². The van der Waals surface area contributed by atoms with Crippen molar-refractivity contribution in [3.63, 3.8) is 0 Å². The van der Waals surface area contributed by atoms with E-state index in [0.717, 1.165) is 24.0 Å². The molecule has 0 saturated heterocycles. The molecule has 1 saturated carbocycles. The molecule has 20 heavy (non-hydrogen) atoms. The van der Waals surface area contributed by atoms with E-state index in [2.05, 4.69) is 11.8 Å². The van der Waals surface area contributed by atoms with Crippen LogP contribution in [0.1, 0.15) is 24.0 Å². The van der Waals surface area contributed by atoms with Gasteiger partial charge in [-0.1, -0.05) is 24.0 Å². The van der Waals surface area contributed by atoms with Crippen molar-refractivity contribution in [2.24, 2.45) is 0 Å². The molecule has 108 valence electrons. The average Bonchev–Trinajstić information content (AvgIpc) is 3.20. The van der Waals surface area contributed by atoms with Crippen LogP contribution in [0.25, 0.3) is 0 Å². The molecule has 0 bridgehead atoms. The Labute approximate surface area is 116 Å². The van der Waals surface area contributed by atoms with Crippen LogP contribution in [0.5, 0.6) is 0 Å². The van der Waals surface area contributed by atoms with Crippen molar-refractivity contribution < 1.29 is 18.3 Å². The lowest BCUT2D eigenvalue weighted by molar-refractivity contribution is -0.148. The SMILES string of the molecule is OCC#Cc1ccc(CN(CC(F)(F)F)C2CC2)cc1. The van der Waals surface area contributed by atoms with Crippen molar-refractivity contribution in [1.82, 2.24) is 4.90 Å². The van der Waals surface area contributed by atoms with Gasteiger partial charge in [0.05, 0.1) is 6.54 Å². The van der Waals surface area contributed by atoms with Gasteiger partial charge in [-0.2, -0.15) is 13.2 Å². The number of hydrogen-bond donors (Lipinski definition) is 1. The maximum Gasteiger partial charge on any atom is 0.401 e. The Bertz CT molecular complexity index is 495. The number of halogens is 3. The van der Waals surface area contributed by atoms with Crippen LogP contribution in [-0.2, 0) is 6.54 Å². The maximum absolute atomic E-state index is 12.5. The van der Waals surface area contributed by atoms with E-state index in [9.17, 15) is 13.2 Å². The summed E-state index contributed by atoms with van der Waals surface area (Å²) in [5.74, 6) is 5.29. The highest BCUT2D eigenvalue weighted by molar-refractivity contribution is 5.36. The Morgan fingerprint density at radius 3 is 2.35 bits per heavy atom. The second-order valence-electron chi connectivity index (χ2n) is 4.91. The summed E-state index contributed by atoms with van der Waals surface area (Å²) in [5, 5.41) is 8.59. The zero-order valence-corrected chi connectivity index (χ0v) is 11.0. The quantitative estimate of drug-likeness (QED) is 0.858. The van der Waals surface area contributed by atoms with E-state index >= 15 is 0 Å². The van der Waals surface area contributed by atoms with E-state index in [4.69, 9.17) is 5.11 Å². The van der Waals surface area contributed by atoms with Crippen LogP contribution < -0.4 is 0 Å². The Kier molecular flexibility index (Phi) is 4.69. The van der Waals surface area contributed by atoms with Gasteiger partial charge in [-0.3, -0.25) is 4.90 Å². The smallest absolute Gasteiger partial charge is 0.384 e. The molecule has 1 fully saturated rings. The van der Waals surface area contributed by atoms with Crippen molar-refractivity contribution in [3.05, 3.63) is 35.4 Å². The van der Waals surface area contributed by atoms with Gasteiger partial charge in [-0.15, -0.1) is 0 Å². The number of benzene rings is 1. The zero-order chi connectivity index (χ0) is 14.6. The lowest BCUT2D eigenvalue weighted by atomic mass is 10.1. The largest absolute Gasteiger partial charge is 0.401 e. The highest BCUT2D eigenvalue weighted by Gasteiger charge is 2.37. The van der Waals surface area contributed by atoms with Gasteiger partial charge in [0.15, 0.2) is 0 Å². The number of aliphatic hydroxyl groups excluding tert-OH is 1. The summed E-state index contributed by atoms with van der Waals surface area (Å²) in [4.78, 5) is 1.48. The molecule has 1 aromatic rings. The monoisotopic (exact) mass is 283 g/mol. The van der Waals surface area contributed by atoms with Crippen molar-refractivity contribution >= 4 is 0 Å². The van der Waals surface area contributed by atoms with E-state index in [1.165, 1.54) is 4.90 Å².